The van der Waals surface area contributed by atoms with Crippen LogP contribution >= 0.6 is 11.6 Å². The van der Waals surface area contributed by atoms with Crippen LogP contribution in [-0.2, 0) is 4.79 Å². The zero-order chi connectivity index (χ0) is 13.4. The molecule has 18 heavy (non-hydrogen) atoms. The van der Waals surface area contributed by atoms with Crippen LogP contribution in [0.25, 0.3) is 0 Å². The molecule has 1 aromatic carbocycles. The van der Waals surface area contributed by atoms with E-state index in [0.717, 1.165) is 0 Å². The maximum atomic E-state index is 11.6. The van der Waals surface area contributed by atoms with E-state index in [4.69, 9.17) is 11.6 Å². The molecule has 0 aromatic heterocycles. The maximum Gasteiger partial charge on any atom is 0.251 e. The smallest absolute Gasteiger partial charge is 0.251 e. The summed E-state index contributed by atoms with van der Waals surface area (Å²) in [4.78, 5) is 22.9. The Morgan fingerprint density at radius 2 is 1.94 bits per heavy atom. The Morgan fingerprint density at radius 3 is 2.50 bits per heavy atom. The minimum atomic E-state index is -0.173. The monoisotopic (exact) mass is 266 g/mol. The quantitative estimate of drug-likeness (QED) is 0.612. The van der Waals surface area contributed by atoms with Gasteiger partial charge in [-0.25, -0.2) is 0 Å². The predicted octanol–water partition coefficient (Wildman–Crippen LogP) is 2.17. The van der Waals surface area contributed by atoms with Gasteiger partial charge in [0.2, 0.25) is 5.91 Å². The number of rotatable bonds is 6. The second-order valence-corrected chi connectivity index (χ2v) is 3.94. The number of anilines is 1. The van der Waals surface area contributed by atoms with E-state index in [1.54, 1.807) is 30.3 Å². The Labute approximate surface area is 111 Å². The molecule has 0 aliphatic rings. The molecule has 0 aliphatic carbocycles. The normalized spacial score (nSPS) is 9.61. The van der Waals surface area contributed by atoms with Gasteiger partial charge in [0.25, 0.3) is 5.91 Å². The fourth-order valence-corrected chi connectivity index (χ4v) is 1.45. The highest BCUT2D eigenvalue weighted by Crippen LogP contribution is 2.10. The van der Waals surface area contributed by atoms with Crippen LogP contribution in [0.5, 0.6) is 0 Å². The number of hydrogen-bond acceptors (Lipinski definition) is 2. The van der Waals surface area contributed by atoms with Gasteiger partial charge >= 0.3 is 0 Å². The summed E-state index contributed by atoms with van der Waals surface area (Å²) in [5.74, 6) is -0.0316. The van der Waals surface area contributed by atoms with Crippen molar-refractivity contribution in [2.45, 2.75) is 6.42 Å². The summed E-state index contributed by atoms with van der Waals surface area (Å²) in [5, 5.41) is 5.35. The molecule has 0 heterocycles. The topological polar surface area (TPSA) is 58.2 Å². The molecule has 1 aromatic rings. The van der Waals surface area contributed by atoms with E-state index in [1.807, 2.05) is 0 Å². The molecule has 0 aliphatic heterocycles. The van der Waals surface area contributed by atoms with Crippen LogP contribution in [0.4, 0.5) is 5.69 Å². The first kappa shape index (κ1) is 14.3. The van der Waals surface area contributed by atoms with E-state index in [9.17, 15) is 9.59 Å². The van der Waals surface area contributed by atoms with E-state index in [1.165, 1.54) is 0 Å². The lowest BCUT2D eigenvalue weighted by atomic mass is 10.2. The molecule has 96 valence electrons. The first-order valence-corrected chi connectivity index (χ1v) is 6.06. The highest BCUT2D eigenvalue weighted by atomic mass is 35.5. The highest BCUT2D eigenvalue weighted by molar-refractivity contribution is 6.19. The second-order valence-electron chi connectivity index (χ2n) is 3.56. The van der Waals surface area contributed by atoms with Crippen molar-refractivity contribution < 1.29 is 9.59 Å². The van der Waals surface area contributed by atoms with Gasteiger partial charge in [-0.05, 0) is 24.3 Å². The molecule has 0 unspecified atom stereocenters. The van der Waals surface area contributed by atoms with Gasteiger partial charge in [0, 0.05) is 30.1 Å². The molecule has 0 saturated carbocycles. The Hall–Kier alpha value is -1.81. The fraction of sp³-hybridized carbons (Fsp3) is 0.231. The molecule has 5 heteroatoms. The van der Waals surface area contributed by atoms with E-state index in [0.29, 0.717) is 17.8 Å². The fourth-order valence-electron chi connectivity index (χ4n) is 1.28. The third-order valence-electron chi connectivity index (χ3n) is 2.16. The Kier molecular flexibility index (Phi) is 5.94. The molecule has 0 bridgehead atoms. The molecule has 0 atom stereocenters. The number of carbonyl (C=O) groups is 2. The summed E-state index contributed by atoms with van der Waals surface area (Å²) in [6.07, 6.45) is 1.88. The number of carbonyl (C=O) groups excluding carboxylic acids is 2. The Bertz CT molecular complexity index is 429. The molecule has 0 fully saturated rings. The second kappa shape index (κ2) is 7.50. The van der Waals surface area contributed by atoms with Crippen molar-refractivity contribution in [2.24, 2.45) is 0 Å². The SMILES string of the molecule is C=CCNC(=O)c1ccc(NC(=O)CCCl)cc1. The molecule has 2 amide bonds. The van der Waals surface area contributed by atoms with E-state index in [-0.39, 0.29) is 24.1 Å². The molecule has 4 nitrogen and oxygen atoms in total. The third kappa shape index (κ3) is 4.59. The largest absolute Gasteiger partial charge is 0.349 e. The lowest BCUT2D eigenvalue weighted by Gasteiger charge is -2.06. The number of amides is 2. The average Bonchev–Trinajstić information content (AvgIpc) is 2.37. The van der Waals surface area contributed by atoms with Crippen molar-refractivity contribution in [3.05, 3.63) is 42.5 Å². The maximum absolute atomic E-state index is 11.6. The summed E-state index contributed by atoms with van der Waals surface area (Å²) in [5.41, 5.74) is 1.18. The van der Waals surface area contributed by atoms with Crippen molar-refractivity contribution in [3.63, 3.8) is 0 Å². The lowest BCUT2D eigenvalue weighted by Crippen LogP contribution is -2.23. The van der Waals surface area contributed by atoms with Crippen LogP contribution in [0.15, 0.2) is 36.9 Å². The van der Waals surface area contributed by atoms with Crippen LogP contribution in [0.3, 0.4) is 0 Å². The molecule has 0 spiro atoms. The Balaban J connectivity index is 2.59. The van der Waals surface area contributed by atoms with Gasteiger partial charge in [0.15, 0.2) is 0 Å². The Morgan fingerprint density at radius 1 is 1.28 bits per heavy atom. The van der Waals surface area contributed by atoms with Crippen LogP contribution in [0.1, 0.15) is 16.8 Å². The van der Waals surface area contributed by atoms with Crippen LogP contribution in [0, 0.1) is 0 Å². The van der Waals surface area contributed by atoms with Crippen molar-refractivity contribution in [1.82, 2.24) is 5.32 Å². The summed E-state index contributed by atoms with van der Waals surface area (Å²) >= 11 is 5.46. The highest BCUT2D eigenvalue weighted by Gasteiger charge is 2.05. The number of halogens is 1. The molecule has 0 saturated heterocycles. The summed E-state index contributed by atoms with van der Waals surface area (Å²) in [7, 11) is 0. The number of alkyl halides is 1. The van der Waals surface area contributed by atoms with Gasteiger partial charge < -0.3 is 10.6 Å². The summed E-state index contributed by atoms with van der Waals surface area (Å²) in [6, 6.07) is 6.65. The molecule has 1 rings (SSSR count). The molecule has 2 N–H and O–H groups in total. The number of nitrogens with one attached hydrogen (secondary N) is 2. The van der Waals surface area contributed by atoms with Gasteiger partial charge in [-0.15, -0.1) is 18.2 Å². The van der Waals surface area contributed by atoms with Gasteiger partial charge in [-0.1, -0.05) is 6.08 Å². The first-order valence-electron chi connectivity index (χ1n) is 5.52. The standard InChI is InChI=1S/C13H15ClN2O2/c1-2-9-15-13(18)10-3-5-11(6-4-10)16-12(17)7-8-14/h2-6H,1,7-9H2,(H,15,18)(H,16,17). The van der Waals surface area contributed by atoms with Crippen molar-refractivity contribution in [1.29, 1.82) is 0 Å². The average molecular weight is 267 g/mol. The number of hydrogen-bond donors (Lipinski definition) is 2. The lowest BCUT2D eigenvalue weighted by molar-refractivity contribution is -0.115. The first-order chi connectivity index (χ1) is 8.67. The zero-order valence-electron chi connectivity index (χ0n) is 9.91. The van der Waals surface area contributed by atoms with Crippen molar-refractivity contribution in [2.75, 3.05) is 17.7 Å². The zero-order valence-corrected chi connectivity index (χ0v) is 10.7. The van der Waals surface area contributed by atoms with E-state index in [2.05, 4.69) is 17.2 Å². The van der Waals surface area contributed by atoms with Gasteiger partial charge in [-0.2, -0.15) is 0 Å². The van der Waals surface area contributed by atoms with Crippen LogP contribution in [-0.4, -0.2) is 24.2 Å². The predicted molar refractivity (Wildman–Crippen MR) is 72.9 cm³/mol. The van der Waals surface area contributed by atoms with E-state index >= 15 is 0 Å². The number of benzene rings is 1. The molecule has 0 radical (unpaired) electrons. The minimum absolute atomic E-state index is 0.145. The summed E-state index contributed by atoms with van der Waals surface area (Å²) in [6.45, 7) is 3.94. The van der Waals surface area contributed by atoms with Crippen molar-refractivity contribution >= 4 is 29.1 Å². The minimum Gasteiger partial charge on any atom is -0.349 e. The van der Waals surface area contributed by atoms with Crippen molar-refractivity contribution in [3.8, 4) is 0 Å². The summed E-state index contributed by atoms with van der Waals surface area (Å²) < 4.78 is 0. The van der Waals surface area contributed by atoms with Crippen LogP contribution in [0.2, 0.25) is 0 Å². The van der Waals surface area contributed by atoms with Gasteiger partial charge in [-0.3, -0.25) is 9.59 Å². The van der Waals surface area contributed by atoms with Gasteiger partial charge in [0.05, 0.1) is 0 Å². The molecular weight excluding hydrogens is 252 g/mol. The van der Waals surface area contributed by atoms with E-state index < -0.39 is 0 Å². The van der Waals surface area contributed by atoms with Gasteiger partial charge in [0.1, 0.15) is 0 Å². The molecular formula is C13H15ClN2O2. The third-order valence-corrected chi connectivity index (χ3v) is 2.35. The van der Waals surface area contributed by atoms with Crippen LogP contribution < -0.4 is 10.6 Å².